The van der Waals surface area contributed by atoms with E-state index in [-0.39, 0.29) is 36.5 Å². The van der Waals surface area contributed by atoms with E-state index < -0.39 is 0 Å². The van der Waals surface area contributed by atoms with Gasteiger partial charge in [0.2, 0.25) is 0 Å². The van der Waals surface area contributed by atoms with Crippen molar-refractivity contribution in [3.05, 3.63) is 83.9 Å². The number of halogens is 2. The molecule has 0 atom stereocenters. The summed E-state index contributed by atoms with van der Waals surface area (Å²) in [6.07, 6.45) is 0.734. The second-order valence-electron chi connectivity index (χ2n) is 7.29. The molecule has 1 heterocycles. The van der Waals surface area contributed by atoms with Crippen LogP contribution in [0.25, 0.3) is 22.3 Å². The molecule has 0 fully saturated rings. The minimum absolute atomic E-state index is 0. The Labute approximate surface area is 209 Å². The van der Waals surface area contributed by atoms with Crippen LogP contribution in [-0.2, 0) is 0 Å². The lowest BCUT2D eigenvalue weighted by Gasteiger charge is -2.09. The first-order valence-corrected chi connectivity index (χ1v) is 10.2. The molecule has 9 heteroatoms. The summed E-state index contributed by atoms with van der Waals surface area (Å²) in [5.41, 5.74) is 14.0. The summed E-state index contributed by atoms with van der Waals surface area (Å²) >= 11 is 0. The number of hydrogen-bond donors (Lipinski definition) is 4. The van der Waals surface area contributed by atoms with Gasteiger partial charge in [0, 0.05) is 28.5 Å². The van der Waals surface area contributed by atoms with Crippen molar-refractivity contribution in [2.45, 2.75) is 6.42 Å². The highest BCUT2D eigenvalue weighted by Gasteiger charge is 2.08. The van der Waals surface area contributed by atoms with Crippen LogP contribution >= 0.6 is 24.8 Å². The molecule has 0 aliphatic rings. The van der Waals surface area contributed by atoms with Crippen molar-refractivity contribution < 1.29 is 13.9 Å². The van der Waals surface area contributed by atoms with Crippen molar-refractivity contribution in [3.63, 3.8) is 0 Å². The summed E-state index contributed by atoms with van der Waals surface area (Å²) in [5, 5.41) is 15.9. The number of ether oxygens (including phenoxy) is 2. The second-order valence-corrected chi connectivity index (χ2v) is 7.29. The van der Waals surface area contributed by atoms with Crippen LogP contribution < -0.4 is 20.9 Å². The normalized spacial score (nSPS) is 10.1. The fourth-order valence-corrected chi connectivity index (χ4v) is 3.24. The maximum atomic E-state index is 7.57. The fourth-order valence-electron chi connectivity index (χ4n) is 3.24. The smallest absolute Gasteiger partial charge is 0.135 e. The number of nitrogens with one attached hydrogen (secondary N) is 2. The molecule has 0 radical (unpaired) electrons. The molecule has 7 nitrogen and oxygen atoms in total. The van der Waals surface area contributed by atoms with Crippen LogP contribution in [-0.4, -0.2) is 24.9 Å². The lowest BCUT2D eigenvalue weighted by Crippen LogP contribution is -2.10. The summed E-state index contributed by atoms with van der Waals surface area (Å²) in [7, 11) is 0. The molecular formula is C25H26Cl2N4O3. The molecule has 3 aromatic carbocycles. The highest BCUT2D eigenvalue weighted by atomic mass is 35.5. The third-order valence-corrected chi connectivity index (χ3v) is 4.96. The topological polar surface area (TPSA) is 131 Å². The van der Waals surface area contributed by atoms with Crippen LogP contribution in [0.15, 0.2) is 77.2 Å². The van der Waals surface area contributed by atoms with Crippen molar-refractivity contribution >= 4 is 47.5 Å². The molecule has 1 aromatic heterocycles. The zero-order chi connectivity index (χ0) is 22.5. The SMILES string of the molecule is Cl.Cl.N=C(N)c1ccc(OCCCOc2ccc(-c3cc4cc(C(=N)N)ccc4o3)cc2)cc1. The van der Waals surface area contributed by atoms with Gasteiger partial charge in [0.15, 0.2) is 0 Å². The summed E-state index contributed by atoms with van der Waals surface area (Å²) < 4.78 is 17.4. The molecule has 178 valence electrons. The molecule has 0 saturated heterocycles. The Bertz CT molecular complexity index is 1260. The summed E-state index contributed by atoms with van der Waals surface area (Å²) in [5.74, 6) is 2.33. The van der Waals surface area contributed by atoms with Gasteiger partial charge < -0.3 is 25.4 Å². The van der Waals surface area contributed by atoms with E-state index in [1.807, 2.05) is 42.5 Å². The van der Waals surface area contributed by atoms with E-state index in [4.69, 9.17) is 36.2 Å². The van der Waals surface area contributed by atoms with Crippen molar-refractivity contribution in [2.75, 3.05) is 13.2 Å². The third kappa shape index (κ3) is 6.43. The third-order valence-electron chi connectivity index (χ3n) is 4.96. The highest BCUT2D eigenvalue weighted by molar-refractivity contribution is 5.99. The Kier molecular flexibility index (Phi) is 9.36. The van der Waals surface area contributed by atoms with Crippen LogP contribution in [0.5, 0.6) is 11.5 Å². The van der Waals surface area contributed by atoms with Gasteiger partial charge in [-0.2, -0.15) is 0 Å². The van der Waals surface area contributed by atoms with Gasteiger partial charge in [0.1, 0.15) is 34.5 Å². The van der Waals surface area contributed by atoms with Gasteiger partial charge in [-0.3, -0.25) is 10.8 Å². The van der Waals surface area contributed by atoms with E-state index in [0.29, 0.717) is 24.3 Å². The van der Waals surface area contributed by atoms with Gasteiger partial charge in [-0.25, -0.2) is 0 Å². The minimum Gasteiger partial charge on any atom is -0.493 e. The molecular weight excluding hydrogens is 475 g/mol. The number of nitrogens with two attached hydrogens (primary N) is 2. The molecule has 34 heavy (non-hydrogen) atoms. The lowest BCUT2D eigenvalue weighted by molar-refractivity contribution is 0.247. The maximum Gasteiger partial charge on any atom is 0.135 e. The summed E-state index contributed by atoms with van der Waals surface area (Å²) in [4.78, 5) is 0. The first-order chi connectivity index (χ1) is 15.5. The Balaban J connectivity index is 0.00000204. The van der Waals surface area contributed by atoms with Gasteiger partial charge in [-0.05, 0) is 72.8 Å². The van der Waals surface area contributed by atoms with Gasteiger partial charge in [0.25, 0.3) is 0 Å². The van der Waals surface area contributed by atoms with E-state index in [0.717, 1.165) is 40.2 Å². The second kappa shape index (κ2) is 12.0. The maximum absolute atomic E-state index is 7.57. The van der Waals surface area contributed by atoms with E-state index >= 15 is 0 Å². The van der Waals surface area contributed by atoms with E-state index in [9.17, 15) is 0 Å². The molecule has 0 amide bonds. The van der Waals surface area contributed by atoms with E-state index in [2.05, 4.69) is 0 Å². The summed E-state index contributed by atoms with van der Waals surface area (Å²) in [6.45, 7) is 1.06. The zero-order valence-corrected chi connectivity index (χ0v) is 19.9. The Morgan fingerprint density at radius 1 is 0.706 bits per heavy atom. The molecule has 4 rings (SSSR count). The van der Waals surface area contributed by atoms with Crippen LogP contribution in [0.3, 0.4) is 0 Å². The largest absolute Gasteiger partial charge is 0.493 e. The molecule has 0 bridgehead atoms. The molecule has 0 aliphatic carbocycles. The minimum atomic E-state index is 0. The number of amidine groups is 2. The number of rotatable bonds is 9. The zero-order valence-electron chi connectivity index (χ0n) is 18.2. The molecule has 0 aliphatic heterocycles. The van der Waals surface area contributed by atoms with E-state index in [1.165, 1.54) is 0 Å². The van der Waals surface area contributed by atoms with E-state index in [1.54, 1.807) is 30.3 Å². The average Bonchev–Trinajstić information content (AvgIpc) is 3.23. The van der Waals surface area contributed by atoms with Crippen LogP contribution in [0.1, 0.15) is 17.5 Å². The van der Waals surface area contributed by atoms with Crippen molar-refractivity contribution in [3.8, 4) is 22.8 Å². The summed E-state index contributed by atoms with van der Waals surface area (Å²) in [6, 6.07) is 22.2. The first-order valence-electron chi connectivity index (χ1n) is 10.2. The lowest BCUT2D eigenvalue weighted by atomic mass is 10.1. The predicted octanol–water partition coefficient (Wildman–Crippen LogP) is 5.36. The molecule has 6 N–H and O–H groups in total. The fraction of sp³-hybridized carbons (Fsp3) is 0.120. The number of nitrogen functional groups attached to an aromatic ring is 2. The number of benzene rings is 3. The molecule has 0 spiro atoms. The van der Waals surface area contributed by atoms with Gasteiger partial charge in [-0.15, -0.1) is 24.8 Å². The molecule has 0 saturated carbocycles. The average molecular weight is 501 g/mol. The predicted molar refractivity (Wildman–Crippen MR) is 140 cm³/mol. The molecule has 0 unspecified atom stereocenters. The van der Waals surface area contributed by atoms with Crippen molar-refractivity contribution in [2.24, 2.45) is 11.5 Å². The Morgan fingerprint density at radius 2 is 1.24 bits per heavy atom. The molecule has 4 aromatic rings. The number of fused-ring (bicyclic) bond motifs is 1. The number of hydrogen-bond acceptors (Lipinski definition) is 5. The van der Waals surface area contributed by atoms with Crippen LogP contribution in [0, 0.1) is 10.8 Å². The van der Waals surface area contributed by atoms with Crippen LogP contribution in [0.4, 0.5) is 0 Å². The monoisotopic (exact) mass is 500 g/mol. The number of furan rings is 1. The van der Waals surface area contributed by atoms with Crippen molar-refractivity contribution in [1.82, 2.24) is 0 Å². The first kappa shape index (κ1) is 26.6. The Morgan fingerprint density at radius 3 is 1.79 bits per heavy atom. The Hall–Kier alpha value is -3.68. The standard InChI is InChI=1S/C25H24N4O3.2ClH/c26-24(27)17-4-9-21(10-5-17)31-13-1-12-30-20-7-2-16(3-8-20)23-15-19-14-18(25(28)29)6-11-22(19)32-23;;/h2-11,14-15H,1,12-13H2,(H3,26,27)(H3,28,29);2*1H. The van der Waals surface area contributed by atoms with Gasteiger partial charge in [-0.1, -0.05) is 0 Å². The highest BCUT2D eigenvalue weighted by Crippen LogP contribution is 2.29. The van der Waals surface area contributed by atoms with Crippen molar-refractivity contribution in [1.29, 1.82) is 10.8 Å². The van der Waals surface area contributed by atoms with Gasteiger partial charge in [0.05, 0.1) is 13.2 Å². The van der Waals surface area contributed by atoms with Gasteiger partial charge >= 0.3 is 0 Å². The quantitative estimate of drug-likeness (QED) is 0.139. The van der Waals surface area contributed by atoms with Crippen LogP contribution in [0.2, 0.25) is 0 Å².